The van der Waals surface area contributed by atoms with Gasteiger partial charge in [-0.2, -0.15) is 5.10 Å². The third-order valence-electron chi connectivity index (χ3n) is 2.59. The van der Waals surface area contributed by atoms with E-state index in [-0.39, 0.29) is 0 Å². The van der Waals surface area contributed by atoms with Gasteiger partial charge in [0.2, 0.25) is 11.8 Å². The van der Waals surface area contributed by atoms with Crippen molar-refractivity contribution in [2.24, 2.45) is 13.0 Å². The van der Waals surface area contributed by atoms with E-state index >= 15 is 0 Å². The first kappa shape index (κ1) is 12.5. The van der Waals surface area contributed by atoms with Crippen LogP contribution < -0.4 is 10.1 Å². The minimum Gasteiger partial charge on any atom is -0.481 e. The lowest BCUT2D eigenvalue weighted by Crippen LogP contribution is -2.12. The summed E-state index contributed by atoms with van der Waals surface area (Å²) in [6.45, 7) is 5.19. The van der Waals surface area contributed by atoms with Crippen molar-refractivity contribution in [1.82, 2.24) is 19.3 Å². The molecule has 0 unspecified atom stereocenters. The minimum atomic E-state index is 0.563. The predicted octanol–water partition coefficient (Wildman–Crippen LogP) is 1.68. The van der Waals surface area contributed by atoms with Crippen LogP contribution in [0.25, 0.3) is 5.82 Å². The van der Waals surface area contributed by atoms with Gasteiger partial charge in [0.1, 0.15) is 0 Å². The molecule has 0 saturated carbocycles. The van der Waals surface area contributed by atoms with Crippen LogP contribution in [-0.2, 0) is 7.05 Å². The highest BCUT2D eigenvalue weighted by atomic mass is 16.5. The first-order valence-corrected chi connectivity index (χ1v) is 5.97. The summed E-state index contributed by atoms with van der Waals surface area (Å²) in [5, 5.41) is 7.69. The Bertz CT molecular complexity index is 514. The first-order valence-electron chi connectivity index (χ1n) is 5.97. The van der Waals surface area contributed by atoms with E-state index in [4.69, 9.17) is 4.74 Å². The Morgan fingerprint density at radius 3 is 2.83 bits per heavy atom. The van der Waals surface area contributed by atoms with Gasteiger partial charge >= 0.3 is 0 Å². The number of hydrogen-bond acceptors (Lipinski definition) is 4. The van der Waals surface area contributed by atoms with Gasteiger partial charge in [-0.3, -0.25) is 4.57 Å². The van der Waals surface area contributed by atoms with Crippen molar-refractivity contribution in [2.45, 2.75) is 13.8 Å². The van der Waals surface area contributed by atoms with Gasteiger partial charge in [0.25, 0.3) is 0 Å². The lowest BCUT2D eigenvalue weighted by atomic mass is 10.2. The molecule has 6 heteroatoms. The van der Waals surface area contributed by atoms with Crippen molar-refractivity contribution in [1.29, 1.82) is 0 Å². The van der Waals surface area contributed by atoms with Gasteiger partial charge in [0.15, 0.2) is 5.82 Å². The van der Waals surface area contributed by atoms with E-state index in [1.165, 1.54) is 0 Å². The molecule has 6 nitrogen and oxygen atoms in total. The third kappa shape index (κ3) is 2.47. The van der Waals surface area contributed by atoms with Crippen LogP contribution in [0.3, 0.4) is 0 Å². The Morgan fingerprint density at radius 2 is 2.22 bits per heavy atom. The second-order valence-electron chi connectivity index (χ2n) is 4.56. The summed E-state index contributed by atoms with van der Waals surface area (Å²) in [5.41, 5.74) is 0. The molecule has 2 heterocycles. The summed E-state index contributed by atoms with van der Waals surface area (Å²) in [6.07, 6.45) is 3.63. The molecular weight excluding hydrogens is 230 g/mol. The summed E-state index contributed by atoms with van der Waals surface area (Å²) < 4.78 is 8.81. The van der Waals surface area contributed by atoms with Crippen LogP contribution >= 0.6 is 0 Å². The van der Waals surface area contributed by atoms with E-state index < -0.39 is 0 Å². The molecular formula is C12H19N5O. The average molecular weight is 249 g/mol. The normalized spacial score (nSPS) is 10.9. The standard InChI is InChI=1S/C12H19N5O/c1-9(2)8-14-12-13-5-6-17(12)10-7-11(18-4)16(3)15-10/h5-7,9H,8H2,1-4H3,(H,13,14). The molecule has 0 aromatic carbocycles. The van der Waals surface area contributed by atoms with Crippen LogP contribution in [0.5, 0.6) is 5.88 Å². The van der Waals surface area contributed by atoms with Gasteiger partial charge in [-0.15, -0.1) is 0 Å². The van der Waals surface area contributed by atoms with E-state index in [2.05, 4.69) is 29.2 Å². The number of imidazole rings is 1. The quantitative estimate of drug-likeness (QED) is 0.876. The molecule has 2 aromatic rings. The number of aryl methyl sites for hydroxylation is 1. The highest BCUT2D eigenvalue weighted by Gasteiger charge is 2.10. The molecule has 0 aliphatic carbocycles. The molecule has 0 saturated heterocycles. The first-order chi connectivity index (χ1) is 8.61. The molecule has 0 atom stereocenters. The lowest BCUT2D eigenvalue weighted by Gasteiger charge is -2.09. The lowest BCUT2D eigenvalue weighted by molar-refractivity contribution is 0.373. The van der Waals surface area contributed by atoms with Crippen molar-refractivity contribution in [2.75, 3.05) is 19.0 Å². The number of anilines is 1. The molecule has 0 fully saturated rings. The molecule has 2 aromatic heterocycles. The Hall–Kier alpha value is -1.98. The number of nitrogens with one attached hydrogen (secondary N) is 1. The van der Waals surface area contributed by atoms with Crippen molar-refractivity contribution >= 4 is 5.95 Å². The van der Waals surface area contributed by atoms with Crippen LogP contribution in [0.2, 0.25) is 0 Å². The largest absolute Gasteiger partial charge is 0.481 e. The van der Waals surface area contributed by atoms with Crippen LogP contribution in [0.1, 0.15) is 13.8 Å². The molecule has 0 spiro atoms. The summed E-state index contributed by atoms with van der Waals surface area (Å²) >= 11 is 0. The fourth-order valence-corrected chi connectivity index (χ4v) is 1.66. The van der Waals surface area contributed by atoms with Gasteiger partial charge in [-0.1, -0.05) is 13.8 Å². The van der Waals surface area contributed by atoms with E-state index in [0.29, 0.717) is 11.8 Å². The van der Waals surface area contributed by atoms with Crippen LogP contribution in [-0.4, -0.2) is 33.0 Å². The molecule has 0 aliphatic heterocycles. The van der Waals surface area contributed by atoms with E-state index in [9.17, 15) is 0 Å². The van der Waals surface area contributed by atoms with Crippen LogP contribution in [0.15, 0.2) is 18.5 Å². The number of rotatable bonds is 5. The highest BCUT2D eigenvalue weighted by molar-refractivity contribution is 5.39. The Balaban J connectivity index is 2.24. The van der Waals surface area contributed by atoms with Crippen LogP contribution in [0, 0.1) is 5.92 Å². The molecule has 1 N–H and O–H groups in total. The maximum atomic E-state index is 5.21. The van der Waals surface area contributed by atoms with E-state index in [1.807, 2.05) is 23.9 Å². The molecule has 18 heavy (non-hydrogen) atoms. The monoisotopic (exact) mass is 249 g/mol. The van der Waals surface area contributed by atoms with Crippen molar-refractivity contribution in [3.05, 3.63) is 18.5 Å². The van der Waals surface area contributed by atoms with Gasteiger partial charge in [0.05, 0.1) is 7.11 Å². The number of hydrogen-bond donors (Lipinski definition) is 1. The number of ether oxygens (including phenoxy) is 1. The highest BCUT2D eigenvalue weighted by Crippen LogP contribution is 2.18. The maximum absolute atomic E-state index is 5.21. The fourth-order valence-electron chi connectivity index (χ4n) is 1.66. The van der Waals surface area contributed by atoms with Gasteiger partial charge in [0, 0.05) is 32.1 Å². The van der Waals surface area contributed by atoms with Crippen molar-refractivity contribution < 1.29 is 4.74 Å². The summed E-state index contributed by atoms with van der Waals surface area (Å²) in [5.74, 6) is 2.87. The van der Waals surface area contributed by atoms with E-state index in [1.54, 1.807) is 18.0 Å². The summed E-state index contributed by atoms with van der Waals surface area (Å²) in [4.78, 5) is 4.29. The Kier molecular flexibility index (Phi) is 3.55. The zero-order chi connectivity index (χ0) is 13.1. The Morgan fingerprint density at radius 1 is 1.44 bits per heavy atom. The van der Waals surface area contributed by atoms with Gasteiger partial charge < -0.3 is 10.1 Å². The summed E-state index contributed by atoms with van der Waals surface area (Å²) in [7, 11) is 3.48. The molecule has 98 valence electrons. The molecule has 2 rings (SSSR count). The summed E-state index contributed by atoms with van der Waals surface area (Å²) in [6, 6.07) is 1.88. The zero-order valence-corrected chi connectivity index (χ0v) is 11.2. The molecule has 0 amide bonds. The number of nitrogens with zero attached hydrogens (tertiary/aromatic N) is 4. The molecule has 0 aliphatic rings. The Labute approximate surface area is 107 Å². The second kappa shape index (κ2) is 5.12. The SMILES string of the molecule is COc1cc(-n2ccnc2NCC(C)C)nn1C. The predicted molar refractivity (Wildman–Crippen MR) is 70.2 cm³/mol. The zero-order valence-electron chi connectivity index (χ0n) is 11.2. The second-order valence-corrected chi connectivity index (χ2v) is 4.56. The number of aromatic nitrogens is 4. The third-order valence-corrected chi connectivity index (χ3v) is 2.59. The smallest absolute Gasteiger partial charge is 0.213 e. The molecule has 0 radical (unpaired) electrons. The van der Waals surface area contributed by atoms with Crippen molar-refractivity contribution in [3.63, 3.8) is 0 Å². The van der Waals surface area contributed by atoms with Gasteiger partial charge in [-0.05, 0) is 5.92 Å². The topological polar surface area (TPSA) is 56.9 Å². The fraction of sp³-hybridized carbons (Fsp3) is 0.500. The average Bonchev–Trinajstić information content (AvgIpc) is 2.91. The van der Waals surface area contributed by atoms with Crippen molar-refractivity contribution in [3.8, 4) is 11.7 Å². The van der Waals surface area contributed by atoms with Crippen LogP contribution in [0.4, 0.5) is 5.95 Å². The van der Waals surface area contributed by atoms with Gasteiger partial charge in [-0.25, -0.2) is 9.67 Å². The number of methoxy groups -OCH3 is 1. The molecule has 0 bridgehead atoms. The van der Waals surface area contributed by atoms with E-state index in [0.717, 1.165) is 18.3 Å². The maximum Gasteiger partial charge on any atom is 0.213 e. The minimum absolute atomic E-state index is 0.563.